The van der Waals surface area contributed by atoms with Crippen LogP contribution in [0.25, 0.3) is 0 Å². The molecule has 0 spiro atoms. The van der Waals surface area contributed by atoms with E-state index in [1.54, 1.807) is 6.08 Å². The maximum atomic E-state index is 13.2. The molecule has 0 amide bonds. The Bertz CT molecular complexity index is 1040. The van der Waals surface area contributed by atoms with Crippen LogP contribution in [0.15, 0.2) is 41.3 Å². The molecule has 3 fully saturated rings. The van der Waals surface area contributed by atoms with Crippen molar-refractivity contribution in [3.05, 3.63) is 46.2 Å². The van der Waals surface area contributed by atoms with Crippen LogP contribution in [0.5, 0.6) is 0 Å². The third-order valence-electron chi connectivity index (χ3n) is 9.43. The van der Waals surface area contributed by atoms with E-state index in [-0.39, 0.29) is 35.9 Å². The molecule has 0 radical (unpaired) electrons. The molecule has 6 heteroatoms. The molecule has 5 rings (SSSR count). The van der Waals surface area contributed by atoms with Gasteiger partial charge in [-0.2, -0.15) is 0 Å². The van der Waals surface area contributed by atoms with Gasteiger partial charge in [0, 0.05) is 15.7 Å². The molecule has 33 heavy (non-hydrogen) atoms. The molecule has 0 aromatic carbocycles. The van der Waals surface area contributed by atoms with Crippen LogP contribution in [0.4, 0.5) is 0 Å². The van der Waals surface area contributed by atoms with Crippen molar-refractivity contribution in [3.8, 4) is 0 Å². The molecule has 1 N–H and O–H groups in total. The maximum absolute atomic E-state index is 13.2. The molecular weight excluding hydrogens is 436 g/mol. The Balaban J connectivity index is 1.30. The van der Waals surface area contributed by atoms with E-state index >= 15 is 0 Å². The third kappa shape index (κ3) is 3.48. The Morgan fingerprint density at radius 3 is 2.73 bits per heavy atom. The first kappa shape index (κ1) is 22.7. The summed E-state index contributed by atoms with van der Waals surface area (Å²) in [7, 11) is 0. The molecule has 4 aliphatic rings. The van der Waals surface area contributed by atoms with Gasteiger partial charge in [-0.15, -0.1) is 11.3 Å². The van der Waals surface area contributed by atoms with E-state index in [1.165, 1.54) is 16.9 Å². The van der Waals surface area contributed by atoms with Crippen LogP contribution in [0, 0.1) is 28.6 Å². The largest absolute Gasteiger partial charge is 0.457 e. The molecule has 3 saturated carbocycles. The summed E-state index contributed by atoms with van der Waals surface area (Å²) in [5, 5.41) is 13.6. The van der Waals surface area contributed by atoms with E-state index in [2.05, 4.69) is 19.9 Å². The molecule has 6 atom stereocenters. The van der Waals surface area contributed by atoms with Gasteiger partial charge in [-0.1, -0.05) is 31.6 Å². The van der Waals surface area contributed by atoms with Crippen molar-refractivity contribution in [1.82, 2.24) is 0 Å². The fourth-order valence-electron chi connectivity index (χ4n) is 7.54. The van der Waals surface area contributed by atoms with Gasteiger partial charge in [0.15, 0.2) is 12.4 Å². The van der Waals surface area contributed by atoms with Crippen LogP contribution in [-0.4, -0.2) is 34.9 Å². The van der Waals surface area contributed by atoms with Crippen molar-refractivity contribution in [1.29, 1.82) is 0 Å². The second-order valence-electron chi connectivity index (χ2n) is 10.8. The summed E-state index contributed by atoms with van der Waals surface area (Å²) in [6.45, 7) is 3.95. The van der Waals surface area contributed by atoms with Gasteiger partial charge in [-0.05, 0) is 79.9 Å². The minimum absolute atomic E-state index is 0.0797. The van der Waals surface area contributed by atoms with Gasteiger partial charge < -0.3 is 9.84 Å². The number of hydrogen-bond donors (Lipinski definition) is 1. The summed E-state index contributed by atoms with van der Waals surface area (Å²) >= 11 is 1.48. The highest BCUT2D eigenvalue weighted by Gasteiger charge is 2.66. The molecule has 0 unspecified atom stereocenters. The predicted molar refractivity (Wildman–Crippen MR) is 126 cm³/mol. The zero-order valence-corrected chi connectivity index (χ0v) is 20.2. The lowest BCUT2D eigenvalue weighted by molar-refractivity contribution is -0.168. The van der Waals surface area contributed by atoms with E-state index in [0.717, 1.165) is 37.0 Å². The standard InChI is InChI=1S/C27H32O5S/c1-25-10-7-18(28)14-17(25)5-6-20-21(25)8-11-26(2)22(20)9-12-27(26,31)23(29)16-32-24(30)15-19-4-3-13-33-19/h3-4,7,10,13-14,20-22,31H,5-6,8-9,11-12,15-16H2,1-2H3/t20-,21+,22-,25+,26+,27+/m1/s1. The number of carbonyl (C=O) groups excluding carboxylic acids is 3. The van der Waals surface area contributed by atoms with Crippen molar-refractivity contribution in [3.63, 3.8) is 0 Å². The van der Waals surface area contributed by atoms with Crippen LogP contribution < -0.4 is 0 Å². The fourth-order valence-corrected chi connectivity index (χ4v) is 8.23. The second-order valence-corrected chi connectivity index (χ2v) is 11.8. The van der Waals surface area contributed by atoms with Gasteiger partial charge in [0.1, 0.15) is 5.60 Å². The van der Waals surface area contributed by atoms with Crippen molar-refractivity contribution < 1.29 is 24.2 Å². The van der Waals surface area contributed by atoms with Gasteiger partial charge in [0.2, 0.25) is 5.78 Å². The summed E-state index contributed by atoms with van der Waals surface area (Å²) in [5.41, 5.74) is -0.847. The zero-order valence-electron chi connectivity index (χ0n) is 19.3. The minimum atomic E-state index is -1.46. The lowest BCUT2D eigenvalue weighted by Crippen LogP contribution is -2.58. The van der Waals surface area contributed by atoms with Crippen LogP contribution in [-0.2, 0) is 25.5 Å². The number of aliphatic hydroxyl groups is 1. The quantitative estimate of drug-likeness (QED) is 0.646. The van der Waals surface area contributed by atoms with Gasteiger partial charge in [-0.3, -0.25) is 14.4 Å². The second kappa shape index (κ2) is 8.02. The van der Waals surface area contributed by atoms with Crippen molar-refractivity contribution in [2.45, 2.75) is 64.4 Å². The summed E-state index contributed by atoms with van der Waals surface area (Å²) in [4.78, 5) is 38.3. The van der Waals surface area contributed by atoms with Crippen LogP contribution in [0.1, 0.15) is 57.2 Å². The van der Waals surface area contributed by atoms with Crippen molar-refractivity contribution >= 4 is 28.9 Å². The SMILES string of the molecule is C[C@]12C=CC(=O)C=C1CC[C@H]1[C@H]3CC[C@](O)(C(=O)COC(=O)Cc4cccs4)[C@@]3(C)CC[C@@H]12. The summed E-state index contributed by atoms with van der Waals surface area (Å²) in [5.74, 6) is 0.354. The van der Waals surface area contributed by atoms with Gasteiger partial charge in [-0.25, -0.2) is 0 Å². The summed E-state index contributed by atoms with van der Waals surface area (Å²) in [6, 6.07) is 3.74. The number of hydrogen-bond acceptors (Lipinski definition) is 6. The molecule has 0 aliphatic heterocycles. The molecule has 5 nitrogen and oxygen atoms in total. The fraction of sp³-hybridized carbons (Fsp3) is 0.593. The first-order valence-corrected chi connectivity index (χ1v) is 12.9. The monoisotopic (exact) mass is 468 g/mol. The lowest BCUT2D eigenvalue weighted by atomic mass is 9.47. The van der Waals surface area contributed by atoms with Crippen LogP contribution in [0.3, 0.4) is 0 Å². The number of rotatable bonds is 5. The Labute approximate surface area is 198 Å². The van der Waals surface area contributed by atoms with E-state index in [9.17, 15) is 19.5 Å². The average molecular weight is 469 g/mol. The number of ether oxygens (including phenoxy) is 1. The third-order valence-corrected chi connectivity index (χ3v) is 10.3. The van der Waals surface area contributed by atoms with Crippen molar-refractivity contribution in [2.24, 2.45) is 28.6 Å². The molecule has 0 saturated heterocycles. The van der Waals surface area contributed by atoms with Gasteiger partial charge >= 0.3 is 5.97 Å². The van der Waals surface area contributed by atoms with Crippen LogP contribution >= 0.6 is 11.3 Å². The highest BCUT2D eigenvalue weighted by Crippen LogP contribution is 2.67. The van der Waals surface area contributed by atoms with E-state index < -0.39 is 17.0 Å². The number of ketones is 2. The molecule has 4 aliphatic carbocycles. The number of fused-ring (bicyclic) bond motifs is 5. The zero-order chi connectivity index (χ0) is 23.4. The minimum Gasteiger partial charge on any atom is -0.457 e. The summed E-state index contributed by atoms with van der Waals surface area (Å²) < 4.78 is 5.29. The summed E-state index contributed by atoms with van der Waals surface area (Å²) in [6.07, 6.45) is 10.6. The molecule has 176 valence electrons. The number of thiophene rings is 1. The first-order chi connectivity index (χ1) is 15.7. The lowest BCUT2D eigenvalue weighted by Gasteiger charge is -2.57. The number of Topliss-reactive ketones (excluding diaryl/α,β-unsaturated/α-hetero) is 1. The van der Waals surface area contributed by atoms with Gasteiger partial charge in [0.25, 0.3) is 0 Å². The first-order valence-electron chi connectivity index (χ1n) is 12.1. The van der Waals surface area contributed by atoms with Gasteiger partial charge in [0.05, 0.1) is 6.42 Å². The highest BCUT2D eigenvalue weighted by molar-refractivity contribution is 7.10. The Hall–Kier alpha value is -2.05. The molecule has 0 bridgehead atoms. The Morgan fingerprint density at radius 1 is 1.18 bits per heavy atom. The molecule has 1 aromatic rings. The number of allylic oxidation sites excluding steroid dienone is 4. The normalized spacial score (nSPS) is 39.3. The van der Waals surface area contributed by atoms with E-state index in [0.29, 0.717) is 18.3 Å². The van der Waals surface area contributed by atoms with Crippen LogP contribution in [0.2, 0.25) is 0 Å². The van der Waals surface area contributed by atoms with Crippen molar-refractivity contribution in [2.75, 3.05) is 6.61 Å². The van der Waals surface area contributed by atoms with E-state index in [1.807, 2.05) is 23.6 Å². The Morgan fingerprint density at radius 2 is 1.97 bits per heavy atom. The number of carbonyl (C=O) groups is 3. The average Bonchev–Trinajstić information content (AvgIpc) is 3.39. The molecule has 1 heterocycles. The maximum Gasteiger partial charge on any atom is 0.311 e. The topological polar surface area (TPSA) is 80.7 Å². The smallest absolute Gasteiger partial charge is 0.311 e. The molecule has 1 aromatic heterocycles. The number of esters is 1. The highest BCUT2D eigenvalue weighted by atomic mass is 32.1. The molecular formula is C27H32O5S. The Kier molecular flexibility index (Phi) is 5.52. The predicted octanol–water partition coefficient (Wildman–Crippen LogP) is 4.44. The van der Waals surface area contributed by atoms with E-state index in [4.69, 9.17) is 4.74 Å².